The second-order valence-corrected chi connectivity index (χ2v) is 6.78. The average molecular weight is 305 g/mol. The fourth-order valence-electron chi connectivity index (χ4n) is 3.96. The first-order valence-corrected chi connectivity index (χ1v) is 8.40. The van der Waals surface area contributed by atoms with Crippen LogP contribution in [0.3, 0.4) is 0 Å². The van der Waals surface area contributed by atoms with Crippen LogP contribution in [0.2, 0.25) is 0 Å². The molecular formula is C17H23NO4. The van der Waals surface area contributed by atoms with Crippen LogP contribution in [0.5, 0.6) is 0 Å². The third-order valence-electron chi connectivity index (χ3n) is 5.33. The van der Waals surface area contributed by atoms with Crippen molar-refractivity contribution in [2.45, 2.75) is 50.2 Å². The fourth-order valence-corrected chi connectivity index (χ4v) is 3.96. The van der Waals surface area contributed by atoms with Crippen LogP contribution in [0.1, 0.15) is 54.1 Å². The van der Waals surface area contributed by atoms with Gasteiger partial charge in [-0.1, -0.05) is 6.42 Å². The quantitative estimate of drug-likeness (QED) is 0.929. The van der Waals surface area contributed by atoms with Gasteiger partial charge in [0.25, 0.3) is 5.91 Å². The van der Waals surface area contributed by atoms with Crippen LogP contribution in [0.25, 0.3) is 0 Å². The molecular weight excluding hydrogens is 282 g/mol. The van der Waals surface area contributed by atoms with Crippen molar-refractivity contribution < 1.29 is 19.1 Å². The lowest BCUT2D eigenvalue weighted by molar-refractivity contribution is -0.0384. The van der Waals surface area contributed by atoms with Crippen LogP contribution in [0, 0.1) is 5.92 Å². The van der Waals surface area contributed by atoms with Crippen LogP contribution in [0.15, 0.2) is 16.7 Å². The molecule has 1 amide bonds. The van der Waals surface area contributed by atoms with Crippen LogP contribution in [0.4, 0.5) is 0 Å². The second kappa shape index (κ2) is 5.70. The Morgan fingerprint density at radius 1 is 1.27 bits per heavy atom. The van der Waals surface area contributed by atoms with E-state index in [1.807, 2.05) is 4.90 Å². The standard InChI is InChI=1S/C17H23NO4/c19-15-3-1-2-12(15)14-10-21-9-7-18(14)17(20)13-6-8-22-16(13)11-4-5-11/h6,8,11-12,14-15,19H,1-5,7,9-10H2/t12-,14-,15+/m1/s1. The van der Waals surface area contributed by atoms with Gasteiger partial charge in [0, 0.05) is 18.4 Å². The van der Waals surface area contributed by atoms with Gasteiger partial charge in [-0.15, -0.1) is 0 Å². The molecule has 3 aliphatic rings. The summed E-state index contributed by atoms with van der Waals surface area (Å²) < 4.78 is 11.2. The number of aliphatic hydroxyl groups is 1. The molecule has 0 radical (unpaired) electrons. The van der Waals surface area contributed by atoms with Crippen molar-refractivity contribution in [3.05, 3.63) is 23.7 Å². The van der Waals surface area contributed by atoms with Gasteiger partial charge in [-0.25, -0.2) is 0 Å². The fraction of sp³-hybridized carbons (Fsp3) is 0.706. The molecule has 120 valence electrons. The summed E-state index contributed by atoms with van der Waals surface area (Å²) in [7, 11) is 0. The normalized spacial score (nSPS) is 32.4. The molecule has 4 rings (SSSR count). The number of amides is 1. The molecule has 1 saturated heterocycles. The Bertz CT molecular complexity index is 551. The van der Waals surface area contributed by atoms with Crippen molar-refractivity contribution in [2.24, 2.45) is 5.92 Å². The molecule has 1 aliphatic heterocycles. The van der Waals surface area contributed by atoms with Crippen LogP contribution in [-0.4, -0.2) is 47.8 Å². The van der Waals surface area contributed by atoms with Gasteiger partial charge in [-0.05, 0) is 31.7 Å². The number of rotatable bonds is 3. The summed E-state index contributed by atoms with van der Waals surface area (Å²) in [6, 6.07) is 1.79. The molecule has 22 heavy (non-hydrogen) atoms. The largest absolute Gasteiger partial charge is 0.468 e. The van der Waals surface area contributed by atoms with Crippen molar-refractivity contribution >= 4 is 5.91 Å². The van der Waals surface area contributed by atoms with E-state index in [4.69, 9.17) is 9.15 Å². The smallest absolute Gasteiger partial charge is 0.257 e. The van der Waals surface area contributed by atoms with Crippen LogP contribution < -0.4 is 0 Å². The van der Waals surface area contributed by atoms with Gasteiger partial charge in [0.2, 0.25) is 0 Å². The lowest BCUT2D eigenvalue weighted by Crippen LogP contribution is -2.53. The Balaban J connectivity index is 1.58. The first-order chi connectivity index (χ1) is 10.8. The van der Waals surface area contributed by atoms with E-state index < -0.39 is 0 Å². The molecule has 1 N–H and O–H groups in total. The second-order valence-electron chi connectivity index (χ2n) is 6.78. The number of hydrogen-bond acceptors (Lipinski definition) is 4. The van der Waals surface area contributed by atoms with Crippen molar-refractivity contribution in [3.8, 4) is 0 Å². The number of hydrogen-bond donors (Lipinski definition) is 1. The maximum absolute atomic E-state index is 13.0. The zero-order chi connectivity index (χ0) is 15.1. The number of carbonyl (C=O) groups is 1. The molecule has 5 nitrogen and oxygen atoms in total. The highest BCUT2D eigenvalue weighted by Gasteiger charge is 2.41. The number of aliphatic hydroxyl groups excluding tert-OH is 1. The topological polar surface area (TPSA) is 62.9 Å². The molecule has 0 spiro atoms. The molecule has 0 aromatic carbocycles. The van der Waals surface area contributed by atoms with Crippen molar-refractivity contribution in [1.82, 2.24) is 4.90 Å². The number of carbonyl (C=O) groups excluding carboxylic acids is 1. The van der Waals surface area contributed by atoms with Gasteiger partial charge < -0.3 is 19.2 Å². The summed E-state index contributed by atoms with van der Waals surface area (Å²) in [5.41, 5.74) is 0.710. The number of furan rings is 1. The van der Waals surface area contributed by atoms with Gasteiger partial charge in [0.15, 0.2) is 0 Å². The highest BCUT2D eigenvalue weighted by Crippen LogP contribution is 2.42. The highest BCUT2D eigenvalue weighted by molar-refractivity contribution is 5.95. The molecule has 0 unspecified atom stereocenters. The summed E-state index contributed by atoms with van der Waals surface area (Å²) in [6.45, 7) is 1.70. The van der Waals surface area contributed by atoms with E-state index in [2.05, 4.69) is 0 Å². The third kappa shape index (κ3) is 2.46. The minimum Gasteiger partial charge on any atom is -0.468 e. The van der Waals surface area contributed by atoms with Gasteiger partial charge in [0.05, 0.1) is 37.2 Å². The van der Waals surface area contributed by atoms with E-state index >= 15 is 0 Å². The summed E-state index contributed by atoms with van der Waals surface area (Å²) in [6.07, 6.45) is 6.38. The maximum atomic E-state index is 13.0. The lowest BCUT2D eigenvalue weighted by Gasteiger charge is -2.40. The first-order valence-electron chi connectivity index (χ1n) is 8.40. The number of morpholine rings is 1. The Labute approximate surface area is 130 Å². The Hall–Kier alpha value is -1.33. The van der Waals surface area contributed by atoms with Gasteiger partial charge >= 0.3 is 0 Å². The molecule has 5 heteroatoms. The number of ether oxygens (including phenoxy) is 1. The SMILES string of the molecule is O=C(c1ccoc1C1CC1)N1CCOC[C@@H]1[C@H]1CCC[C@@H]1O. The third-order valence-corrected chi connectivity index (χ3v) is 5.33. The van der Waals surface area contributed by atoms with Gasteiger partial charge in [-0.2, -0.15) is 0 Å². The first kappa shape index (κ1) is 14.3. The molecule has 2 aliphatic carbocycles. The van der Waals surface area contributed by atoms with E-state index in [1.165, 1.54) is 0 Å². The molecule has 1 aromatic rings. The van der Waals surface area contributed by atoms with E-state index in [1.54, 1.807) is 12.3 Å². The predicted octanol–water partition coefficient (Wildman–Crippen LogP) is 2.16. The Kier molecular flexibility index (Phi) is 3.70. The van der Waals surface area contributed by atoms with Crippen molar-refractivity contribution in [2.75, 3.05) is 19.8 Å². The molecule has 0 bridgehead atoms. The molecule has 2 saturated carbocycles. The van der Waals surface area contributed by atoms with Crippen LogP contribution >= 0.6 is 0 Å². The lowest BCUT2D eigenvalue weighted by atomic mass is 9.93. The van der Waals surface area contributed by atoms with Gasteiger partial charge in [-0.3, -0.25) is 4.79 Å². The number of nitrogens with zero attached hydrogens (tertiary/aromatic N) is 1. The Morgan fingerprint density at radius 2 is 2.14 bits per heavy atom. The molecule has 3 atom stereocenters. The zero-order valence-corrected chi connectivity index (χ0v) is 12.7. The zero-order valence-electron chi connectivity index (χ0n) is 12.7. The Morgan fingerprint density at radius 3 is 2.86 bits per heavy atom. The van der Waals surface area contributed by atoms with E-state index in [-0.39, 0.29) is 24.0 Å². The summed E-state index contributed by atoms with van der Waals surface area (Å²) in [5, 5.41) is 10.2. The average Bonchev–Trinajstić information content (AvgIpc) is 3.11. The molecule has 1 aromatic heterocycles. The maximum Gasteiger partial charge on any atom is 0.257 e. The molecule has 2 heterocycles. The molecule has 3 fully saturated rings. The predicted molar refractivity (Wildman–Crippen MR) is 79.7 cm³/mol. The van der Waals surface area contributed by atoms with Crippen LogP contribution in [-0.2, 0) is 4.74 Å². The van der Waals surface area contributed by atoms with Gasteiger partial charge in [0.1, 0.15) is 5.76 Å². The highest BCUT2D eigenvalue weighted by atomic mass is 16.5. The van der Waals surface area contributed by atoms with Crippen molar-refractivity contribution in [3.63, 3.8) is 0 Å². The van der Waals surface area contributed by atoms with E-state index in [0.29, 0.717) is 31.2 Å². The minimum absolute atomic E-state index is 0.0132. The van der Waals surface area contributed by atoms with E-state index in [0.717, 1.165) is 37.9 Å². The van der Waals surface area contributed by atoms with Crippen molar-refractivity contribution in [1.29, 1.82) is 0 Å². The van der Waals surface area contributed by atoms with E-state index in [9.17, 15) is 9.90 Å². The minimum atomic E-state index is -0.311. The summed E-state index contributed by atoms with van der Waals surface area (Å²) in [5.74, 6) is 1.45. The summed E-state index contributed by atoms with van der Waals surface area (Å²) in [4.78, 5) is 14.9. The monoisotopic (exact) mass is 305 g/mol. The summed E-state index contributed by atoms with van der Waals surface area (Å²) >= 11 is 0.